The summed E-state index contributed by atoms with van der Waals surface area (Å²) >= 11 is 0. The van der Waals surface area contributed by atoms with E-state index in [9.17, 15) is 4.79 Å². The van der Waals surface area contributed by atoms with Gasteiger partial charge in [-0.1, -0.05) is 6.42 Å². The molecule has 104 valence electrons. The highest BCUT2D eigenvalue weighted by atomic mass is 16.4. The lowest BCUT2D eigenvalue weighted by molar-refractivity contribution is 0.0697. The number of rotatable bonds is 5. The molecule has 1 unspecified atom stereocenters. The van der Waals surface area contributed by atoms with Gasteiger partial charge in [-0.05, 0) is 45.0 Å². The average molecular weight is 263 g/mol. The molecule has 5 heteroatoms. The van der Waals surface area contributed by atoms with E-state index in [0.717, 1.165) is 19.6 Å². The zero-order chi connectivity index (χ0) is 13.7. The van der Waals surface area contributed by atoms with Crippen molar-refractivity contribution in [3.8, 4) is 0 Å². The molecular formula is C14H21N3O2. The number of anilines is 1. The van der Waals surface area contributed by atoms with Crippen LogP contribution >= 0.6 is 0 Å². The summed E-state index contributed by atoms with van der Waals surface area (Å²) in [6.07, 6.45) is 5.42. The summed E-state index contributed by atoms with van der Waals surface area (Å²) in [7, 11) is 0. The molecule has 0 aromatic carbocycles. The van der Waals surface area contributed by atoms with E-state index >= 15 is 0 Å². The minimum absolute atomic E-state index is 0.259. The molecular weight excluding hydrogens is 242 g/mol. The van der Waals surface area contributed by atoms with Crippen LogP contribution in [-0.2, 0) is 0 Å². The standard InChI is InChI=1S/C14H21N3O2/c1-11(10-17-7-3-2-4-8-17)16-13-9-12(14(18)19)5-6-15-13/h5-6,9,11H,2-4,7-8,10H2,1H3,(H,15,16)(H,18,19). The Hall–Kier alpha value is -1.62. The lowest BCUT2D eigenvalue weighted by Crippen LogP contribution is -2.38. The molecule has 1 fully saturated rings. The number of piperidine rings is 1. The molecule has 0 aliphatic carbocycles. The number of carbonyl (C=O) groups is 1. The van der Waals surface area contributed by atoms with Gasteiger partial charge in [-0.2, -0.15) is 0 Å². The Kier molecular flexibility index (Phi) is 4.74. The van der Waals surface area contributed by atoms with Crippen molar-refractivity contribution in [3.05, 3.63) is 23.9 Å². The van der Waals surface area contributed by atoms with Crippen LogP contribution in [0.3, 0.4) is 0 Å². The van der Waals surface area contributed by atoms with Gasteiger partial charge in [-0.25, -0.2) is 9.78 Å². The molecule has 1 saturated heterocycles. The van der Waals surface area contributed by atoms with E-state index in [2.05, 4.69) is 22.1 Å². The van der Waals surface area contributed by atoms with Crippen molar-refractivity contribution >= 4 is 11.8 Å². The fourth-order valence-electron chi connectivity index (χ4n) is 2.47. The van der Waals surface area contributed by atoms with Crippen molar-refractivity contribution in [1.82, 2.24) is 9.88 Å². The normalized spacial score (nSPS) is 17.9. The minimum Gasteiger partial charge on any atom is -0.478 e. The number of pyridine rings is 1. The van der Waals surface area contributed by atoms with Gasteiger partial charge in [0.05, 0.1) is 5.56 Å². The van der Waals surface area contributed by atoms with Crippen LogP contribution < -0.4 is 5.32 Å². The maximum Gasteiger partial charge on any atom is 0.335 e. The first-order valence-corrected chi connectivity index (χ1v) is 6.83. The van der Waals surface area contributed by atoms with Crippen molar-refractivity contribution in [2.45, 2.75) is 32.2 Å². The van der Waals surface area contributed by atoms with Crippen molar-refractivity contribution in [1.29, 1.82) is 0 Å². The maximum absolute atomic E-state index is 10.9. The molecule has 1 aromatic rings. The summed E-state index contributed by atoms with van der Waals surface area (Å²) in [4.78, 5) is 17.5. The first-order valence-electron chi connectivity index (χ1n) is 6.83. The highest BCUT2D eigenvalue weighted by Gasteiger charge is 2.14. The summed E-state index contributed by atoms with van der Waals surface area (Å²) in [5, 5.41) is 12.2. The van der Waals surface area contributed by atoms with Crippen LogP contribution in [-0.4, -0.2) is 46.6 Å². The van der Waals surface area contributed by atoms with Crippen molar-refractivity contribution in [2.75, 3.05) is 25.0 Å². The van der Waals surface area contributed by atoms with E-state index < -0.39 is 5.97 Å². The second kappa shape index (κ2) is 6.52. The maximum atomic E-state index is 10.9. The molecule has 2 heterocycles. The van der Waals surface area contributed by atoms with E-state index in [4.69, 9.17) is 5.11 Å². The lowest BCUT2D eigenvalue weighted by Gasteiger charge is -2.29. The Morgan fingerprint density at radius 3 is 2.89 bits per heavy atom. The molecule has 0 bridgehead atoms. The third-order valence-electron chi connectivity index (χ3n) is 3.38. The Morgan fingerprint density at radius 1 is 1.47 bits per heavy atom. The fourth-order valence-corrected chi connectivity index (χ4v) is 2.47. The number of aromatic carboxylic acids is 1. The largest absolute Gasteiger partial charge is 0.478 e. The monoisotopic (exact) mass is 263 g/mol. The molecule has 1 atom stereocenters. The van der Waals surface area contributed by atoms with Crippen LogP contribution in [0.2, 0.25) is 0 Å². The number of aromatic nitrogens is 1. The molecule has 0 radical (unpaired) electrons. The van der Waals surface area contributed by atoms with Gasteiger partial charge in [0, 0.05) is 18.8 Å². The second-order valence-electron chi connectivity index (χ2n) is 5.14. The van der Waals surface area contributed by atoms with Gasteiger partial charge < -0.3 is 15.3 Å². The number of carboxylic acid groups (broad SMARTS) is 1. The predicted octanol–water partition coefficient (Wildman–Crippen LogP) is 2.07. The fraction of sp³-hybridized carbons (Fsp3) is 0.571. The first-order chi connectivity index (χ1) is 9.15. The van der Waals surface area contributed by atoms with Gasteiger partial charge in [-0.15, -0.1) is 0 Å². The van der Waals surface area contributed by atoms with Gasteiger partial charge in [0.25, 0.3) is 0 Å². The summed E-state index contributed by atoms with van der Waals surface area (Å²) in [6, 6.07) is 3.34. The summed E-state index contributed by atoms with van der Waals surface area (Å²) in [6.45, 7) is 5.39. The molecule has 1 aliphatic heterocycles. The van der Waals surface area contributed by atoms with Crippen molar-refractivity contribution in [2.24, 2.45) is 0 Å². The average Bonchev–Trinajstić information content (AvgIpc) is 2.40. The topological polar surface area (TPSA) is 65.5 Å². The quantitative estimate of drug-likeness (QED) is 0.851. The van der Waals surface area contributed by atoms with Crippen LogP contribution in [0.1, 0.15) is 36.5 Å². The van der Waals surface area contributed by atoms with Gasteiger partial charge >= 0.3 is 5.97 Å². The summed E-state index contributed by atoms with van der Waals surface area (Å²) < 4.78 is 0. The molecule has 2 N–H and O–H groups in total. The summed E-state index contributed by atoms with van der Waals surface area (Å²) in [5.41, 5.74) is 0.266. The molecule has 1 aromatic heterocycles. The van der Waals surface area contributed by atoms with E-state index in [0.29, 0.717) is 5.82 Å². The van der Waals surface area contributed by atoms with Gasteiger partial charge in [0.15, 0.2) is 0 Å². The minimum atomic E-state index is -0.922. The number of carboxylic acids is 1. The van der Waals surface area contributed by atoms with Crippen molar-refractivity contribution < 1.29 is 9.90 Å². The highest BCUT2D eigenvalue weighted by molar-refractivity contribution is 5.88. The molecule has 2 rings (SSSR count). The Bertz CT molecular complexity index is 430. The molecule has 0 saturated carbocycles. The Labute approximate surface area is 113 Å². The van der Waals surface area contributed by atoms with E-state index in [-0.39, 0.29) is 11.6 Å². The second-order valence-corrected chi connectivity index (χ2v) is 5.14. The smallest absolute Gasteiger partial charge is 0.335 e. The Balaban J connectivity index is 1.88. The van der Waals surface area contributed by atoms with Crippen LogP contribution in [0.4, 0.5) is 5.82 Å². The van der Waals surface area contributed by atoms with Crippen molar-refractivity contribution in [3.63, 3.8) is 0 Å². The molecule has 1 aliphatic rings. The van der Waals surface area contributed by atoms with Crippen LogP contribution in [0.5, 0.6) is 0 Å². The number of likely N-dealkylation sites (tertiary alicyclic amines) is 1. The third kappa shape index (κ3) is 4.21. The van der Waals surface area contributed by atoms with Gasteiger partial charge in [-0.3, -0.25) is 0 Å². The lowest BCUT2D eigenvalue weighted by atomic mass is 10.1. The highest BCUT2D eigenvalue weighted by Crippen LogP contribution is 2.12. The number of hydrogen-bond acceptors (Lipinski definition) is 4. The predicted molar refractivity (Wildman–Crippen MR) is 74.6 cm³/mol. The third-order valence-corrected chi connectivity index (χ3v) is 3.38. The van der Waals surface area contributed by atoms with E-state index in [1.165, 1.54) is 31.5 Å². The van der Waals surface area contributed by atoms with E-state index in [1.54, 1.807) is 6.07 Å². The molecule has 19 heavy (non-hydrogen) atoms. The molecule has 0 spiro atoms. The number of nitrogens with one attached hydrogen (secondary N) is 1. The first kappa shape index (κ1) is 13.8. The SMILES string of the molecule is CC(CN1CCCCC1)Nc1cc(C(=O)O)ccn1. The molecule has 5 nitrogen and oxygen atoms in total. The zero-order valence-corrected chi connectivity index (χ0v) is 11.3. The number of hydrogen-bond donors (Lipinski definition) is 2. The van der Waals surface area contributed by atoms with Gasteiger partial charge in [0.2, 0.25) is 0 Å². The van der Waals surface area contributed by atoms with Crippen LogP contribution in [0.15, 0.2) is 18.3 Å². The van der Waals surface area contributed by atoms with Crippen LogP contribution in [0.25, 0.3) is 0 Å². The van der Waals surface area contributed by atoms with Crippen LogP contribution in [0, 0.1) is 0 Å². The summed E-state index contributed by atoms with van der Waals surface area (Å²) in [5.74, 6) is -0.293. The number of nitrogens with zero attached hydrogens (tertiary/aromatic N) is 2. The van der Waals surface area contributed by atoms with E-state index in [1.807, 2.05) is 0 Å². The Morgan fingerprint density at radius 2 is 2.21 bits per heavy atom. The zero-order valence-electron chi connectivity index (χ0n) is 11.3. The van der Waals surface area contributed by atoms with Gasteiger partial charge in [0.1, 0.15) is 5.82 Å². The molecule has 0 amide bonds.